The smallest absolute Gasteiger partial charge is 0.421 e. The molecule has 10 heteroatoms. The van der Waals surface area contributed by atoms with E-state index in [1.165, 1.54) is 36.6 Å². The molecule has 3 aromatic rings. The fraction of sp³-hybridized carbons (Fsp3) is 0.568. The molecular formula is C37H49FN6O2S. The number of piperidine rings is 1. The van der Waals surface area contributed by atoms with Gasteiger partial charge in [0.1, 0.15) is 11.6 Å². The van der Waals surface area contributed by atoms with Crippen molar-refractivity contribution in [3.8, 4) is 0 Å². The lowest BCUT2D eigenvalue weighted by Crippen LogP contribution is -2.60. The number of likely N-dealkylation sites (tertiary alicyclic amines) is 1. The number of ether oxygens (including phenoxy) is 1. The monoisotopic (exact) mass is 660 g/mol. The molecule has 1 amide bonds. The molecular weight excluding hydrogens is 612 g/mol. The van der Waals surface area contributed by atoms with Gasteiger partial charge in [0.2, 0.25) is 0 Å². The summed E-state index contributed by atoms with van der Waals surface area (Å²) in [7, 11) is 1.40. The van der Waals surface area contributed by atoms with Crippen molar-refractivity contribution in [1.82, 2.24) is 24.9 Å². The molecule has 47 heavy (non-hydrogen) atoms. The summed E-state index contributed by atoms with van der Waals surface area (Å²) in [4.78, 5) is 23.7. The van der Waals surface area contributed by atoms with Crippen molar-refractivity contribution in [2.75, 3.05) is 51.3 Å². The lowest BCUT2D eigenvalue weighted by Gasteiger charge is -2.52. The number of hydrazine groups is 1. The molecule has 2 unspecified atom stereocenters. The number of nitrogens with one attached hydrogen (secondary N) is 1. The Bertz CT molecular complexity index is 1500. The number of imidazole rings is 1. The first-order valence-electron chi connectivity index (χ1n) is 17.6. The number of benzene rings is 2. The summed E-state index contributed by atoms with van der Waals surface area (Å²) in [5, 5.41) is 2.91. The van der Waals surface area contributed by atoms with Gasteiger partial charge in [0.05, 0.1) is 7.11 Å². The number of aromatic nitrogens is 2. The minimum absolute atomic E-state index is 0.0127. The number of aryl methyl sites for hydroxylation is 1. The van der Waals surface area contributed by atoms with Crippen LogP contribution < -0.4 is 10.3 Å². The lowest BCUT2D eigenvalue weighted by atomic mass is 9.61. The summed E-state index contributed by atoms with van der Waals surface area (Å²) in [6.45, 7) is 8.93. The maximum absolute atomic E-state index is 15.1. The van der Waals surface area contributed by atoms with Crippen LogP contribution in [0.25, 0.3) is 0 Å². The summed E-state index contributed by atoms with van der Waals surface area (Å²) in [5.74, 6) is 1.77. The summed E-state index contributed by atoms with van der Waals surface area (Å²) in [5.41, 5.74) is 4.94. The molecule has 0 radical (unpaired) electrons. The first-order valence-corrected chi connectivity index (χ1v) is 18.4. The lowest BCUT2D eigenvalue weighted by molar-refractivity contribution is 0.0221. The van der Waals surface area contributed by atoms with E-state index in [9.17, 15) is 4.79 Å². The summed E-state index contributed by atoms with van der Waals surface area (Å²) in [6.07, 6.45) is 10.9. The van der Waals surface area contributed by atoms with Crippen molar-refractivity contribution in [3.63, 3.8) is 0 Å². The SMILES string of the molecule is CCc1nccn1CC(c1cccc(F)c1)(C1CCN(CC2CN(c3ccc(SC4CC4)cc3)C2)CC1)C1CCCN1NC(=O)OC. The summed E-state index contributed by atoms with van der Waals surface area (Å²) >= 11 is 2.02. The Balaban J connectivity index is 1.08. The van der Waals surface area contributed by atoms with E-state index < -0.39 is 11.5 Å². The topological polar surface area (TPSA) is 65.9 Å². The van der Waals surface area contributed by atoms with Gasteiger partial charge in [-0.3, -0.25) is 5.43 Å². The molecule has 252 valence electrons. The molecule has 4 heterocycles. The minimum Gasteiger partial charge on any atom is -0.452 e. The first kappa shape index (κ1) is 32.5. The van der Waals surface area contributed by atoms with Crippen LogP contribution in [0.1, 0.15) is 56.8 Å². The predicted molar refractivity (Wildman–Crippen MR) is 185 cm³/mol. The number of nitrogens with zero attached hydrogens (tertiary/aromatic N) is 5. The van der Waals surface area contributed by atoms with Crippen LogP contribution >= 0.6 is 11.8 Å². The van der Waals surface area contributed by atoms with Crippen LogP contribution in [-0.4, -0.2) is 83.2 Å². The van der Waals surface area contributed by atoms with Gasteiger partial charge in [-0.2, -0.15) is 0 Å². The van der Waals surface area contributed by atoms with E-state index in [-0.39, 0.29) is 11.9 Å². The van der Waals surface area contributed by atoms with E-state index in [2.05, 4.69) is 73.2 Å². The van der Waals surface area contributed by atoms with Gasteiger partial charge in [-0.15, -0.1) is 11.8 Å². The Labute approximate surface area is 283 Å². The second-order valence-electron chi connectivity index (χ2n) is 14.0. The van der Waals surface area contributed by atoms with Crippen LogP contribution in [-0.2, 0) is 23.1 Å². The van der Waals surface area contributed by atoms with Gasteiger partial charge in [-0.05, 0) is 99.5 Å². The van der Waals surface area contributed by atoms with Crippen LogP contribution in [0.2, 0.25) is 0 Å². The molecule has 1 aliphatic carbocycles. The third-order valence-electron chi connectivity index (χ3n) is 11.0. The van der Waals surface area contributed by atoms with Crippen molar-refractivity contribution < 1.29 is 13.9 Å². The fourth-order valence-corrected chi connectivity index (χ4v) is 9.54. The zero-order valence-electron chi connectivity index (χ0n) is 27.8. The molecule has 3 aliphatic heterocycles. The third-order valence-corrected chi connectivity index (χ3v) is 12.3. The van der Waals surface area contributed by atoms with Gasteiger partial charge >= 0.3 is 6.09 Å². The molecule has 7 rings (SSSR count). The first-order chi connectivity index (χ1) is 22.9. The van der Waals surface area contributed by atoms with Crippen LogP contribution in [0.5, 0.6) is 0 Å². The molecule has 0 bridgehead atoms. The Hall–Kier alpha value is -3.08. The number of rotatable bonds is 12. The number of amides is 1. The van der Waals surface area contributed by atoms with E-state index in [4.69, 9.17) is 4.74 Å². The highest BCUT2D eigenvalue weighted by atomic mass is 32.2. The molecule has 2 atom stereocenters. The number of hydrogen-bond acceptors (Lipinski definition) is 7. The number of hydrogen-bond donors (Lipinski definition) is 1. The number of halogens is 1. The van der Waals surface area contributed by atoms with E-state index in [0.717, 1.165) is 88.0 Å². The van der Waals surface area contributed by atoms with Crippen molar-refractivity contribution in [2.24, 2.45) is 11.8 Å². The zero-order chi connectivity index (χ0) is 32.4. The molecule has 1 aromatic heterocycles. The maximum Gasteiger partial charge on any atom is 0.421 e. The van der Waals surface area contributed by atoms with E-state index >= 15 is 4.39 Å². The highest BCUT2D eigenvalue weighted by Crippen LogP contribution is 2.48. The maximum atomic E-state index is 15.1. The van der Waals surface area contributed by atoms with Crippen molar-refractivity contribution >= 4 is 23.5 Å². The highest BCUT2D eigenvalue weighted by molar-refractivity contribution is 8.00. The zero-order valence-corrected chi connectivity index (χ0v) is 28.6. The van der Waals surface area contributed by atoms with Gasteiger partial charge in [-0.1, -0.05) is 19.1 Å². The second-order valence-corrected chi connectivity index (χ2v) is 15.4. The Kier molecular flexibility index (Phi) is 9.80. The normalized spacial score (nSPS) is 22.6. The Morgan fingerprint density at radius 1 is 1.06 bits per heavy atom. The van der Waals surface area contributed by atoms with Crippen molar-refractivity contribution in [3.05, 3.63) is 78.1 Å². The molecule has 1 N–H and O–H groups in total. The fourth-order valence-electron chi connectivity index (χ4n) is 8.49. The average Bonchev–Trinajstić information content (AvgIpc) is 3.57. The van der Waals surface area contributed by atoms with Crippen LogP contribution in [0.4, 0.5) is 14.9 Å². The van der Waals surface area contributed by atoms with Gasteiger partial charge in [0.25, 0.3) is 0 Å². The second kappa shape index (κ2) is 14.2. The molecule has 4 aliphatic rings. The molecule has 3 saturated heterocycles. The average molecular weight is 661 g/mol. The standard InChI is InChI=1S/C37H49FN6O2S/c1-3-35-39-17-21-42(35)26-37(29-6-4-7-30(38)22-29,34-8-5-18-44(34)40-36(45)46-2)28-15-19-41(20-16-28)23-27-24-43(25-27)31-9-11-32(12-10-31)47-33-13-14-33/h4,6-7,9-12,17,21-22,27-28,33-34H,3,5,8,13-16,18-20,23-26H2,1-2H3,(H,40,45). The van der Waals surface area contributed by atoms with E-state index in [1.54, 1.807) is 6.07 Å². The summed E-state index contributed by atoms with van der Waals surface area (Å²) < 4.78 is 22.4. The minimum atomic E-state index is -0.459. The number of anilines is 1. The number of carbonyl (C=O) groups is 1. The highest BCUT2D eigenvalue weighted by Gasteiger charge is 2.52. The predicted octanol–water partition coefficient (Wildman–Crippen LogP) is 6.36. The van der Waals surface area contributed by atoms with E-state index in [1.807, 2.05) is 24.0 Å². The quantitative estimate of drug-likeness (QED) is 0.243. The summed E-state index contributed by atoms with van der Waals surface area (Å²) in [6, 6.07) is 16.4. The van der Waals surface area contributed by atoms with Gasteiger partial charge in [-0.25, -0.2) is 19.2 Å². The number of thioether (sulfide) groups is 1. The van der Waals surface area contributed by atoms with Gasteiger partial charge in [0, 0.05) is 84.7 Å². The van der Waals surface area contributed by atoms with Crippen LogP contribution in [0, 0.1) is 17.7 Å². The van der Waals surface area contributed by atoms with Crippen LogP contribution in [0.3, 0.4) is 0 Å². The van der Waals surface area contributed by atoms with Crippen LogP contribution in [0.15, 0.2) is 65.8 Å². The molecule has 8 nitrogen and oxygen atoms in total. The van der Waals surface area contributed by atoms with Gasteiger partial charge < -0.3 is 19.1 Å². The number of methoxy groups -OCH3 is 1. The van der Waals surface area contributed by atoms with Crippen molar-refractivity contribution in [1.29, 1.82) is 0 Å². The molecule has 0 spiro atoms. The Morgan fingerprint density at radius 2 is 1.85 bits per heavy atom. The number of carbonyl (C=O) groups excluding carboxylic acids is 1. The molecule has 1 saturated carbocycles. The van der Waals surface area contributed by atoms with Gasteiger partial charge in [0.15, 0.2) is 0 Å². The molecule has 2 aromatic carbocycles. The molecule has 4 fully saturated rings. The largest absolute Gasteiger partial charge is 0.452 e. The van der Waals surface area contributed by atoms with Crippen molar-refractivity contribution in [2.45, 2.75) is 80.0 Å². The Morgan fingerprint density at radius 3 is 2.55 bits per heavy atom. The third kappa shape index (κ3) is 7.06. The van der Waals surface area contributed by atoms with E-state index in [0.29, 0.717) is 18.4 Å².